The van der Waals surface area contributed by atoms with E-state index in [4.69, 9.17) is 31.3 Å². The van der Waals surface area contributed by atoms with Crippen LogP contribution in [0.15, 0.2) is 0 Å². The summed E-state index contributed by atoms with van der Waals surface area (Å²) in [4.78, 5) is 57.0. The van der Waals surface area contributed by atoms with E-state index in [2.05, 4.69) is 4.74 Å². The van der Waals surface area contributed by atoms with Crippen LogP contribution < -0.4 is 0 Å². The molecule has 0 aliphatic heterocycles. The van der Waals surface area contributed by atoms with Crippen molar-refractivity contribution in [2.75, 3.05) is 6.61 Å². The standard InChI is InChI=1S/C14H19ClO9/c1-7(17)21-6-12(22-8(2)18)14(24-10(4)20)13(11(15)5-16)23-9(3)19/h5,11-14H,6H2,1-4H3/t11-,12+,13+,14+/m0/s1/i1D,2D,3D,4D. The van der Waals surface area contributed by atoms with Crippen molar-refractivity contribution in [2.24, 2.45) is 0 Å². The average molecular weight is 371 g/mol. The zero-order valence-electron chi connectivity index (χ0n) is 16.5. The fraction of sp³-hybridized carbons (Fsp3) is 0.643. The van der Waals surface area contributed by atoms with E-state index in [0.717, 1.165) is 0 Å². The molecule has 9 nitrogen and oxygen atoms in total. The molecule has 0 unspecified atom stereocenters. The highest BCUT2D eigenvalue weighted by Gasteiger charge is 2.41. The highest BCUT2D eigenvalue weighted by molar-refractivity contribution is 6.28. The Labute approximate surface area is 149 Å². The summed E-state index contributed by atoms with van der Waals surface area (Å²) in [6.07, 6.45) is -5.10. The van der Waals surface area contributed by atoms with Gasteiger partial charge in [0.1, 0.15) is 18.3 Å². The van der Waals surface area contributed by atoms with Gasteiger partial charge < -0.3 is 23.7 Å². The predicted octanol–water partition coefficient (Wildman–Crippen LogP) is 0.151. The second kappa shape index (κ2) is 10.6. The number of rotatable bonds is 9. The van der Waals surface area contributed by atoms with Crippen LogP contribution in [0, 0.1) is 0 Å². The van der Waals surface area contributed by atoms with Crippen LogP contribution in [-0.4, -0.2) is 60.5 Å². The van der Waals surface area contributed by atoms with Gasteiger partial charge in [-0.1, -0.05) is 0 Å². The highest BCUT2D eigenvalue weighted by Crippen LogP contribution is 2.20. The summed E-state index contributed by atoms with van der Waals surface area (Å²) in [6.45, 7) is -4.19. The van der Waals surface area contributed by atoms with Crippen molar-refractivity contribution < 1.29 is 48.4 Å². The van der Waals surface area contributed by atoms with Gasteiger partial charge >= 0.3 is 23.9 Å². The van der Waals surface area contributed by atoms with Crippen LogP contribution in [0.25, 0.3) is 0 Å². The fourth-order valence-corrected chi connectivity index (χ4v) is 1.78. The molecule has 0 aliphatic rings. The molecule has 0 saturated carbocycles. The fourth-order valence-electron chi connectivity index (χ4n) is 1.59. The molecule has 10 heteroatoms. The third kappa shape index (κ3) is 8.47. The van der Waals surface area contributed by atoms with Crippen molar-refractivity contribution >= 4 is 41.8 Å². The minimum atomic E-state index is -1.80. The maximum absolute atomic E-state index is 11.6. The van der Waals surface area contributed by atoms with Crippen LogP contribution in [0.1, 0.15) is 33.1 Å². The molecule has 0 spiro atoms. The van der Waals surface area contributed by atoms with Crippen LogP contribution in [-0.2, 0) is 42.9 Å². The second-order valence-electron chi connectivity index (χ2n) is 4.20. The topological polar surface area (TPSA) is 122 Å². The number of esters is 4. The first kappa shape index (κ1) is 15.4. The third-order valence-electron chi connectivity index (χ3n) is 2.36. The lowest BCUT2D eigenvalue weighted by molar-refractivity contribution is -0.189. The van der Waals surface area contributed by atoms with E-state index in [1.165, 1.54) is 0 Å². The number of carbonyl (C=O) groups is 5. The number of alkyl halides is 1. The molecule has 0 aromatic heterocycles. The van der Waals surface area contributed by atoms with Gasteiger partial charge in [-0.25, -0.2) is 0 Å². The lowest BCUT2D eigenvalue weighted by Gasteiger charge is -2.32. The first-order valence-electron chi connectivity index (χ1n) is 9.07. The molecule has 0 aliphatic carbocycles. The van der Waals surface area contributed by atoms with Crippen molar-refractivity contribution in [3.8, 4) is 0 Å². The molecule has 0 aromatic carbocycles. The molecule has 4 atom stereocenters. The van der Waals surface area contributed by atoms with Crippen LogP contribution in [0.4, 0.5) is 0 Å². The van der Waals surface area contributed by atoms with E-state index < -0.39 is 81.8 Å². The lowest BCUT2D eigenvalue weighted by Crippen LogP contribution is -2.51. The smallest absolute Gasteiger partial charge is 0.303 e. The molecular weight excluding hydrogens is 348 g/mol. The Hall–Kier alpha value is -2.16. The van der Waals surface area contributed by atoms with E-state index >= 15 is 0 Å². The predicted molar refractivity (Wildman–Crippen MR) is 79.0 cm³/mol. The van der Waals surface area contributed by atoms with Gasteiger partial charge in [-0.15, -0.1) is 11.6 Å². The summed E-state index contributed by atoms with van der Waals surface area (Å²) in [7, 11) is 0. The highest BCUT2D eigenvalue weighted by atomic mass is 35.5. The van der Waals surface area contributed by atoms with Crippen LogP contribution in [0.5, 0.6) is 0 Å². The number of hydrogen-bond acceptors (Lipinski definition) is 9. The Bertz CT molecular complexity index is 563. The van der Waals surface area contributed by atoms with Crippen molar-refractivity contribution in [3.05, 3.63) is 0 Å². The molecule has 136 valence electrons. The zero-order valence-corrected chi connectivity index (χ0v) is 13.2. The molecule has 0 radical (unpaired) electrons. The Morgan fingerprint density at radius 2 is 1.42 bits per heavy atom. The van der Waals surface area contributed by atoms with Gasteiger partial charge in [0.25, 0.3) is 0 Å². The van der Waals surface area contributed by atoms with Crippen molar-refractivity contribution in [3.63, 3.8) is 0 Å². The molecule has 24 heavy (non-hydrogen) atoms. The maximum Gasteiger partial charge on any atom is 0.303 e. The van der Waals surface area contributed by atoms with Crippen LogP contribution in [0.3, 0.4) is 0 Å². The number of ether oxygens (including phenoxy) is 4. The van der Waals surface area contributed by atoms with Gasteiger partial charge in [0, 0.05) is 33.1 Å². The molecule has 0 rings (SSSR count). The summed E-state index contributed by atoms with van der Waals surface area (Å²) >= 11 is 5.80. The number of halogens is 1. The summed E-state index contributed by atoms with van der Waals surface area (Å²) < 4.78 is 47.2. The minimum Gasteiger partial charge on any atom is -0.462 e. The third-order valence-corrected chi connectivity index (χ3v) is 2.71. The van der Waals surface area contributed by atoms with E-state index in [9.17, 15) is 24.0 Å². The van der Waals surface area contributed by atoms with E-state index in [1.54, 1.807) is 0 Å². The SMILES string of the molecule is [2H]CC(=O)OC[C@@H](OC(=O)C[2H])[C@@H](OC(=O)C[2H])[C@H](OC(=O)C[2H])[C@@H](Cl)C=O. The summed E-state index contributed by atoms with van der Waals surface area (Å²) in [5, 5.41) is -1.62. The monoisotopic (exact) mass is 370 g/mol. The molecular formula is C14H19ClO9. The van der Waals surface area contributed by atoms with Gasteiger partial charge in [0.15, 0.2) is 18.3 Å². The quantitative estimate of drug-likeness (QED) is 0.241. The van der Waals surface area contributed by atoms with Gasteiger partial charge in [-0.3, -0.25) is 19.2 Å². The first-order chi connectivity index (χ1) is 13.2. The summed E-state index contributed by atoms with van der Waals surface area (Å²) in [5.41, 5.74) is 0. The number of aldehydes is 1. The first-order valence-corrected chi connectivity index (χ1v) is 6.67. The zero-order chi connectivity index (χ0) is 21.7. The largest absolute Gasteiger partial charge is 0.462 e. The molecule has 0 heterocycles. The van der Waals surface area contributed by atoms with Gasteiger partial charge in [0.05, 0.1) is 0 Å². The van der Waals surface area contributed by atoms with Gasteiger partial charge in [0.2, 0.25) is 0 Å². The lowest BCUT2D eigenvalue weighted by atomic mass is 10.0. The molecule has 0 bridgehead atoms. The number of hydrogen-bond donors (Lipinski definition) is 0. The van der Waals surface area contributed by atoms with E-state index in [1.807, 2.05) is 0 Å². The van der Waals surface area contributed by atoms with Gasteiger partial charge in [-0.05, 0) is 0 Å². The Morgan fingerprint density at radius 1 is 0.917 bits per heavy atom. The summed E-state index contributed by atoms with van der Waals surface area (Å²) in [6, 6.07) is 0. The van der Waals surface area contributed by atoms with Crippen LogP contribution >= 0.6 is 11.6 Å². The van der Waals surface area contributed by atoms with Gasteiger partial charge in [-0.2, -0.15) is 0 Å². The van der Waals surface area contributed by atoms with E-state index in [-0.39, 0.29) is 6.29 Å². The van der Waals surface area contributed by atoms with Crippen molar-refractivity contribution in [1.82, 2.24) is 0 Å². The Balaban J connectivity index is 5.91. The van der Waals surface area contributed by atoms with Crippen molar-refractivity contribution in [2.45, 2.75) is 51.3 Å². The molecule has 0 aromatic rings. The van der Waals surface area contributed by atoms with Crippen molar-refractivity contribution in [1.29, 1.82) is 0 Å². The Morgan fingerprint density at radius 3 is 1.92 bits per heavy atom. The molecule has 0 saturated heterocycles. The molecule has 0 amide bonds. The Kier molecular flexibility index (Phi) is 6.78. The second-order valence-corrected chi connectivity index (χ2v) is 4.70. The normalized spacial score (nSPS) is 17.4. The average Bonchev–Trinajstić information content (AvgIpc) is 2.71. The molecule has 0 N–H and O–H groups in total. The summed E-state index contributed by atoms with van der Waals surface area (Å²) in [5.74, 6) is -4.50. The number of carbonyl (C=O) groups excluding carboxylic acids is 5. The maximum atomic E-state index is 11.6. The minimum absolute atomic E-state index is 0.129. The molecule has 0 fully saturated rings. The van der Waals surface area contributed by atoms with Crippen LogP contribution in [0.2, 0.25) is 0 Å². The van der Waals surface area contributed by atoms with E-state index in [0.29, 0.717) is 0 Å².